The number of benzene rings is 2. The zero-order valence-corrected chi connectivity index (χ0v) is 12.5. The summed E-state index contributed by atoms with van der Waals surface area (Å²) in [5, 5.41) is 0. The Balaban J connectivity index is 0.00000200. The first kappa shape index (κ1) is 16.9. The highest BCUT2D eigenvalue weighted by Crippen LogP contribution is 2.40. The van der Waals surface area contributed by atoms with Crippen LogP contribution in [0.3, 0.4) is 0 Å². The maximum absolute atomic E-state index is 11.6. The molecule has 6 heteroatoms. The number of rotatable bonds is 6. The fraction of sp³-hybridized carbons (Fsp3) is 0.143. The molecule has 108 valence electrons. The average molecular weight is 315 g/mol. The van der Waals surface area contributed by atoms with Crippen LogP contribution >= 0.6 is 7.82 Å². The second-order valence-electron chi connectivity index (χ2n) is 3.97. The molecule has 0 radical (unpaired) electrons. The van der Waals surface area contributed by atoms with Gasteiger partial charge in [-0.2, -0.15) is 0 Å². The van der Waals surface area contributed by atoms with E-state index in [0.29, 0.717) is 0 Å². The summed E-state index contributed by atoms with van der Waals surface area (Å²) in [5.74, 6) is 0. The van der Waals surface area contributed by atoms with E-state index in [-0.39, 0.29) is 25.6 Å². The van der Waals surface area contributed by atoms with E-state index in [1.165, 1.54) is 0 Å². The molecule has 0 saturated heterocycles. The highest BCUT2D eigenvalue weighted by Gasteiger charge is 2.09. The summed E-state index contributed by atoms with van der Waals surface area (Å²) in [7, 11) is -4.27. The number of hydrogen-bond donors (Lipinski definition) is 0. The number of halogens is 1. The molecule has 0 heterocycles. The zero-order chi connectivity index (χ0) is 13.6. The van der Waals surface area contributed by atoms with E-state index in [1.54, 1.807) is 24.3 Å². The Bertz CT molecular complexity index is 500. The Kier molecular flexibility index (Phi) is 6.93. The molecule has 2 rings (SSSR count). The quantitative estimate of drug-likeness (QED) is 0.768. The smallest absolute Gasteiger partial charge is 0.268 e. The second kappa shape index (κ2) is 8.20. The van der Waals surface area contributed by atoms with Crippen LogP contribution in [-0.4, -0.2) is 0 Å². The summed E-state index contributed by atoms with van der Waals surface area (Å²) < 4.78 is 21.2. The van der Waals surface area contributed by atoms with Gasteiger partial charge in [-0.3, -0.25) is 4.57 Å². The van der Waals surface area contributed by atoms with Gasteiger partial charge in [0.05, 0.1) is 25.6 Å². The normalized spacial score (nSPS) is 10.8. The van der Waals surface area contributed by atoms with E-state index in [2.05, 4.69) is 0 Å². The van der Waals surface area contributed by atoms with Crippen molar-refractivity contribution in [3.63, 3.8) is 0 Å². The van der Waals surface area contributed by atoms with Crippen LogP contribution in [-0.2, 0) is 26.8 Å². The molecule has 0 N–H and O–H groups in total. The minimum absolute atomic E-state index is 0. The molecular weight excluding hydrogens is 299 g/mol. The molecule has 0 spiro atoms. The summed E-state index contributed by atoms with van der Waals surface area (Å²) in [6, 6.07) is 18.1. The molecule has 0 aliphatic carbocycles. The van der Waals surface area contributed by atoms with Crippen molar-refractivity contribution in [2.45, 2.75) is 13.2 Å². The van der Waals surface area contributed by atoms with Crippen molar-refractivity contribution in [1.82, 2.24) is 0 Å². The lowest BCUT2D eigenvalue weighted by Gasteiger charge is -2.22. The Hall–Kier alpha value is -1.16. The Labute approximate surface area is 124 Å². The van der Waals surface area contributed by atoms with Crippen LogP contribution in [0.4, 0.5) is 0 Å². The van der Waals surface area contributed by atoms with Crippen LogP contribution in [0.25, 0.3) is 0 Å². The van der Waals surface area contributed by atoms with Gasteiger partial charge in [0.1, 0.15) is 0 Å². The van der Waals surface area contributed by atoms with Crippen LogP contribution < -0.4 is 4.89 Å². The standard InChI is InChI=1S/C14H15O4P.ClH2/c15-19(16,17-11-13-7-3-1-4-8-13)18-12-14-9-5-2-6-10-14;/h1-10H,11-12H2,(H,15,16);1H2/q;+1/p-1. The molecule has 0 aromatic heterocycles. The lowest BCUT2D eigenvalue weighted by atomic mass is 10.2. The molecule has 0 unspecified atom stereocenters. The predicted molar refractivity (Wildman–Crippen MR) is 72.9 cm³/mol. The molecule has 0 aliphatic heterocycles. The van der Waals surface area contributed by atoms with Crippen molar-refractivity contribution in [2.75, 3.05) is 0 Å². The van der Waals surface area contributed by atoms with Gasteiger partial charge in [-0.15, -0.1) is 0 Å². The number of phosphoric ester groups is 1. The van der Waals surface area contributed by atoms with Gasteiger partial charge < -0.3 is 13.9 Å². The van der Waals surface area contributed by atoms with Gasteiger partial charge in [0.25, 0.3) is 7.82 Å². The van der Waals surface area contributed by atoms with E-state index in [1.807, 2.05) is 36.4 Å². The molecule has 2 aromatic carbocycles. The zero-order valence-electron chi connectivity index (χ0n) is 10.7. The molecule has 0 atom stereocenters. The van der Waals surface area contributed by atoms with Gasteiger partial charge in [0, 0.05) is 0 Å². The first-order chi connectivity index (χ1) is 9.16. The fourth-order valence-corrected chi connectivity index (χ4v) is 2.18. The van der Waals surface area contributed by atoms with E-state index in [9.17, 15) is 9.46 Å². The van der Waals surface area contributed by atoms with Crippen LogP contribution in [0.5, 0.6) is 0 Å². The Morgan fingerprint density at radius 3 is 1.50 bits per heavy atom. The summed E-state index contributed by atoms with van der Waals surface area (Å²) in [6.45, 7) is -0.0349. The lowest BCUT2D eigenvalue weighted by Crippen LogP contribution is -2.08. The third-order valence-corrected chi connectivity index (χ3v) is 3.35. The fourth-order valence-electron chi connectivity index (χ4n) is 1.49. The topological polar surface area (TPSA) is 58.6 Å². The molecule has 2 aromatic rings. The minimum atomic E-state index is -4.27. The average Bonchev–Trinajstić information content (AvgIpc) is 2.46. The van der Waals surface area contributed by atoms with E-state index in [4.69, 9.17) is 9.05 Å². The van der Waals surface area contributed by atoms with Crippen LogP contribution in [0.2, 0.25) is 0 Å². The van der Waals surface area contributed by atoms with Crippen LogP contribution in [0.15, 0.2) is 60.7 Å². The Morgan fingerprint density at radius 1 is 0.800 bits per heavy atom. The highest BCUT2D eigenvalue weighted by atomic mass is 35.5. The molecule has 0 fully saturated rings. The molecule has 0 amide bonds. The van der Waals surface area contributed by atoms with Crippen LogP contribution in [0, 0.1) is 12.4 Å². The Morgan fingerprint density at radius 2 is 1.15 bits per heavy atom. The van der Waals surface area contributed by atoms with Crippen molar-refractivity contribution < 1.29 is 30.9 Å². The molecule has 0 bridgehead atoms. The van der Waals surface area contributed by atoms with Crippen molar-refractivity contribution in [1.29, 1.82) is 0 Å². The van der Waals surface area contributed by atoms with E-state index >= 15 is 0 Å². The monoisotopic (exact) mass is 314 g/mol. The molecule has 0 saturated carbocycles. The highest BCUT2D eigenvalue weighted by molar-refractivity contribution is 7.45. The van der Waals surface area contributed by atoms with Crippen molar-refractivity contribution in [3.05, 3.63) is 71.8 Å². The summed E-state index contributed by atoms with van der Waals surface area (Å²) >= 11 is 0. The largest absolute Gasteiger partial charge is 0.756 e. The minimum Gasteiger partial charge on any atom is -0.756 e. The molecule has 4 nitrogen and oxygen atoms in total. The van der Waals surface area contributed by atoms with Gasteiger partial charge in [-0.1, -0.05) is 60.7 Å². The molecule has 20 heavy (non-hydrogen) atoms. The van der Waals surface area contributed by atoms with Gasteiger partial charge in [-0.05, 0) is 11.1 Å². The second-order valence-corrected chi connectivity index (χ2v) is 5.38. The molecular formula is C14H16ClO4P. The summed E-state index contributed by atoms with van der Waals surface area (Å²) in [6.07, 6.45) is 0. The van der Waals surface area contributed by atoms with Gasteiger partial charge >= 0.3 is 0 Å². The predicted octanol–water partition coefficient (Wildman–Crippen LogP) is 2.35. The summed E-state index contributed by atoms with van der Waals surface area (Å²) in [4.78, 5) is 11.6. The maximum Gasteiger partial charge on any atom is 0.268 e. The third kappa shape index (κ3) is 5.87. The maximum atomic E-state index is 11.6. The van der Waals surface area contributed by atoms with E-state index < -0.39 is 7.82 Å². The third-order valence-electron chi connectivity index (χ3n) is 2.46. The van der Waals surface area contributed by atoms with Gasteiger partial charge in [0.15, 0.2) is 0 Å². The lowest BCUT2D eigenvalue weighted by molar-refractivity contribution is -0.227. The first-order valence-corrected chi connectivity index (χ1v) is 7.30. The van der Waals surface area contributed by atoms with Gasteiger partial charge in [-0.25, -0.2) is 0 Å². The molecule has 0 aliphatic rings. The van der Waals surface area contributed by atoms with E-state index in [0.717, 1.165) is 11.1 Å². The number of phosphoric acid groups is 1. The van der Waals surface area contributed by atoms with Crippen molar-refractivity contribution in [2.24, 2.45) is 0 Å². The first-order valence-electron chi connectivity index (χ1n) is 5.84. The number of hydrogen-bond acceptors (Lipinski definition) is 4. The van der Waals surface area contributed by atoms with Gasteiger partial charge in [0.2, 0.25) is 0 Å². The van der Waals surface area contributed by atoms with Crippen LogP contribution in [0.1, 0.15) is 11.1 Å². The van der Waals surface area contributed by atoms with Crippen molar-refractivity contribution >= 4 is 7.82 Å². The SMILES string of the molecule is O=P([O-])(OCc1ccccc1)OCc1ccccc1.[ClH2+]. The van der Waals surface area contributed by atoms with Crippen molar-refractivity contribution in [3.8, 4) is 0 Å². The summed E-state index contributed by atoms with van der Waals surface area (Å²) in [5.41, 5.74) is 1.56.